The summed E-state index contributed by atoms with van der Waals surface area (Å²) < 4.78 is 5.00. The zero-order valence-electron chi connectivity index (χ0n) is 12.1. The maximum atomic E-state index is 12.6. The maximum Gasteiger partial charge on any atom is 0.259 e. The van der Waals surface area contributed by atoms with Crippen molar-refractivity contribution in [3.8, 4) is 11.3 Å². The molecule has 1 amide bonds. The Morgan fingerprint density at radius 3 is 2.62 bits per heavy atom. The van der Waals surface area contributed by atoms with Gasteiger partial charge in [-0.2, -0.15) is 0 Å². The first-order chi connectivity index (χ1) is 10.0. The van der Waals surface area contributed by atoms with Crippen LogP contribution in [0.2, 0.25) is 5.02 Å². The van der Waals surface area contributed by atoms with E-state index in [1.807, 2.05) is 26.0 Å². The molecule has 0 saturated carbocycles. The first kappa shape index (κ1) is 15.3. The second kappa shape index (κ2) is 6.59. The first-order valence-electron chi connectivity index (χ1n) is 6.67. The number of rotatable bonds is 5. The van der Waals surface area contributed by atoms with Gasteiger partial charge in [0.1, 0.15) is 17.5 Å². The van der Waals surface area contributed by atoms with Crippen LogP contribution in [0.1, 0.15) is 24.2 Å². The molecule has 1 aromatic carbocycles. The summed E-state index contributed by atoms with van der Waals surface area (Å²) in [6, 6.07) is 7.13. The molecule has 1 heterocycles. The molecule has 2 rings (SSSR count). The van der Waals surface area contributed by atoms with E-state index in [1.54, 1.807) is 17.0 Å². The lowest BCUT2D eigenvalue weighted by Gasteiger charge is -2.20. The van der Waals surface area contributed by atoms with Crippen LogP contribution in [-0.2, 0) is 0 Å². The Morgan fingerprint density at radius 2 is 2.05 bits per heavy atom. The Kier molecular flexibility index (Phi) is 4.81. The van der Waals surface area contributed by atoms with Crippen molar-refractivity contribution >= 4 is 17.5 Å². The highest BCUT2D eigenvalue weighted by Gasteiger charge is 2.22. The van der Waals surface area contributed by atoms with E-state index < -0.39 is 0 Å². The highest BCUT2D eigenvalue weighted by molar-refractivity contribution is 6.30. The van der Waals surface area contributed by atoms with Gasteiger partial charge in [0.2, 0.25) is 0 Å². The largest absolute Gasteiger partial charge is 0.363 e. The van der Waals surface area contributed by atoms with Crippen molar-refractivity contribution in [1.29, 1.82) is 0 Å². The monoisotopic (exact) mass is 304 g/mol. The third kappa shape index (κ3) is 3.52. The summed E-state index contributed by atoms with van der Waals surface area (Å²) in [6.07, 6.45) is 1.38. The maximum absolute atomic E-state index is 12.6. The quantitative estimate of drug-likeness (QED) is 0.783. The number of carbonyl (C=O) groups is 1. The molecule has 0 spiro atoms. The molecule has 0 bridgehead atoms. The summed E-state index contributed by atoms with van der Waals surface area (Å²) >= 11 is 5.88. The number of likely N-dealkylation sites (N-methyl/N-ethyl adjacent to an activating group) is 1. The molecule has 0 aliphatic carbocycles. The molecule has 0 aliphatic heterocycles. The summed E-state index contributed by atoms with van der Waals surface area (Å²) in [5.74, 6) is -0.119. The number of aromatic nitrogens is 1. The lowest BCUT2D eigenvalue weighted by Crippen LogP contribution is -2.32. The topological polar surface area (TPSA) is 46.3 Å². The van der Waals surface area contributed by atoms with E-state index in [9.17, 15) is 4.79 Å². The molecule has 1 aromatic heterocycles. The van der Waals surface area contributed by atoms with E-state index in [0.717, 1.165) is 11.1 Å². The van der Waals surface area contributed by atoms with Crippen LogP contribution in [0.5, 0.6) is 0 Å². The van der Waals surface area contributed by atoms with Crippen molar-refractivity contribution < 1.29 is 9.32 Å². The molecule has 4 nitrogen and oxygen atoms in total. The predicted molar refractivity (Wildman–Crippen MR) is 83.3 cm³/mol. The molecular formula is C16H17ClN2O2. The number of halogens is 1. The lowest BCUT2D eigenvalue weighted by molar-refractivity contribution is 0.0778. The first-order valence-corrected chi connectivity index (χ1v) is 7.04. The van der Waals surface area contributed by atoms with Crippen LogP contribution >= 0.6 is 11.6 Å². The van der Waals surface area contributed by atoms with Crippen LogP contribution in [0.3, 0.4) is 0 Å². The van der Waals surface area contributed by atoms with Gasteiger partial charge in [-0.3, -0.25) is 4.79 Å². The number of carbonyl (C=O) groups excluding carboxylic acids is 1. The standard InChI is InChI=1S/C16H17ClN2O2/c1-4-19(9-11(2)3)16(20)14-10-21-18-15(14)12-5-7-13(17)8-6-12/h5-8,10H,2,4,9H2,1,3H3. The number of nitrogens with zero attached hydrogens (tertiary/aromatic N) is 2. The fourth-order valence-electron chi connectivity index (χ4n) is 2.03. The number of amides is 1. The van der Waals surface area contributed by atoms with Crippen molar-refractivity contribution in [1.82, 2.24) is 10.1 Å². The van der Waals surface area contributed by atoms with Gasteiger partial charge in [0.25, 0.3) is 5.91 Å². The van der Waals surface area contributed by atoms with Crippen LogP contribution in [0.15, 0.2) is 47.2 Å². The zero-order chi connectivity index (χ0) is 15.4. The van der Waals surface area contributed by atoms with Crippen LogP contribution in [0, 0.1) is 0 Å². The van der Waals surface area contributed by atoms with Crippen molar-refractivity contribution in [2.45, 2.75) is 13.8 Å². The molecule has 0 aliphatic rings. The van der Waals surface area contributed by atoms with Gasteiger partial charge in [0, 0.05) is 23.7 Å². The van der Waals surface area contributed by atoms with E-state index in [4.69, 9.17) is 16.1 Å². The lowest BCUT2D eigenvalue weighted by atomic mass is 10.1. The van der Waals surface area contributed by atoms with Crippen molar-refractivity contribution in [2.24, 2.45) is 0 Å². The molecular weight excluding hydrogens is 288 g/mol. The summed E-state index contributed by atoms with van der Waals surface area (Å²) in [5, 5.41) is 4.58. The van der Waals surface area contributed by atoms with Gasteiger partial charge < -0.3 is 9.42 Å². The van der Waals surface area contributed by atoms with Crippen molar-refractivity contribution in [3.05, 3.63) is 53.3 Å². The molecule has 0 fully saturated rings. The van der Waals surface area contributed by atoms with Crippen LogP contribution < -0.4 is 0 Å². The highest BCUT2D eigenvalue weighted by atomic mass is 35.5. The summed E-state index contributed by atoms with van der Waals surface area (Å²) in [5.41, 5.74) is 2.69. The molecule has 0 radical (unpaired) electrons. The highest BCUT2D eigenvalue weighted by Crippen LogP contribution is 2.25. The van der Waals surface area contributed by atoms with Gasteiger partial charge in [-0.25, -0.2) is 0 Å². The average Bonchev–Trinajstić information content (AvgIpc) is 2.94. The molecule has 0 saturated heterocycles. The SMILES string of the molecule is C=C(C)CN(CC)C(=O)c1conc1-c1ccc(Cl)cc1. The van der Waals surface area contributed by atoms with Gasteiger partial charge in [-0.15, -0.1) is 0 Å². The fourth-order valence-corrected chi connectivity index (χ4v) is 2.15. The Balaban J connectivity index is 2.33. The van der Waals surface area contributed by atoms with Crippen LogP contribution in [-0.4, -0.2) is 29.1 Å². The number of benzene rings is 1. The Morgan fingerprint density at radius 1 is 1.38 bits per heavy atom. The molecule has 0 unspecified atom stereocenters. The van der Waals surface area contributed by atoms with E-state index in [-0.39, 0.29) is 5.91 Å². The third-order valence-electron chi connectivity index (χ3n) is 3.05. The van der Waals surface area contributed by atoms with E-state index in [1.165, 1.54) is 6.26 Å². The van der Waals surface area contributed by atoms with E-state index >= 15 is 0 Å². The second-order valence-electron chi connectivity index (χ2n) is 4.86. The summed E-state index contributed by atoms with van der Waals surface area (Å²) in [4.78, 5) is 14.3. The Labute approximate surface area is 129 Å². The minimum atomic E-state index is -0.119. The molecule has 110 valence electrons. The molecule has 21 heavy (non-hydrogen) atoms. The normalized spacial score (nSPS) is 10.4. The Bertz CT molecular complexity index is 647. The van der Waals surface area contributed by atoms with Crippen molar-refractivity contribution in [2.75, 3.05) is 13.1 Å². The van der Waals surface area contributed by atoms with Crippen LogP contribution in [0.4, 0.5) is 0 Å². The van der Waals surface area contributed by atoms with Crippen LogP contribution in [0.25, 0.3) is 11.3 Å². The fraction of sp³-hybridized carbons (Fsp3) is 0.250. The second-order valence-corrected chi connectivity index (χ2v) is 5.30. The average molecular weight is 305 g/mol. The van der Waals surface area contributed by atoms with Gasteiger partial charge >= 0.3 is 0 Å². The molecule has 5 heteroatoms. The summed E-state index contributed by atoms with van der Waals surface area (Å²) in [7, 11) is 0. The summed E-state index contributed by atoms with van der Waals surface area (Å²) in [6.45, 7) is 8.78. The smallest absolute Gasteiger partial charge is 0.259 e. The zero-order valence-corrected chi connectivity index (χ0v) is 12.9. The van der Waals surface area contributed by atoms with Gasteiger partial charge in [-0.1, -0.05) is 41.0 Å². The van der Waals surface area contributed by atoms with E-state index in [0.29, 0.717) is 29.4 Å². The predicted octanol–water partition coefficient (Wildman–Crippen LogP) is 4.03. The minimum Gasteiger partial charge on any atom is -0.363 e. The van der Waals surface area contributed by atoms with Crippen molar-refractivity contribution in [3.63, 3.8) is 0 Å². The van der Waals surface area contributed by atoms with Gasteiger partial charge in [0.05, 0.1) is 0 Å². The number of hydrogen-bond donors (Lipinski definition) is 0. The molecule has 2 aromatic rings. The third-order valence-corrected chi connectivity index (χ3v) is 3.30. The minimum absolute atomic E-state index is 0.119. The van der Waals surface area contributed by atoms with E-state index in [2.05, 4.69) is 11.7 Å². The van der Waals surface area contributed by atoms with Gasteiger partial charge in [0.15, 0.2) is 0 Å². The van der Waals surface area contributed by atoms with Gasteiger partial charge in [-0.05, 0) is 26.0 Å². The molecule has 0 atom stereocenters. The molecule has 0 N–H and O–H groups in total. The Hall–Kier alpha value is -2.07. The number of hydrogen-bond acceptors (Lipinski definition) is 3.